The molecule has 0 unspecified atom stereocenters. The summed E-state index contributed by atoms with van der Waals surface area (Å²) in [6, 6.07) is 6.48. The Bertz CT molecular complexity index is 685. The fraction of sp³-hybridized carbons (Fsp3) is 0.375. The van der Waals surface area contributed by atoms with Crippen molar-refractivity contribution in [2.24, 2.45) is 5.73 Å². The fourth-order valence-electron chi connectivity index (χ4n) is 2.75. The molecule has 1 fully saturated rings. The van der Waals surface area contributed by atoms with Crippen LogP contribution in [0.2, 0.25) is 0 Å². The molecule has 1 heterocycles. The number of nitrogens with zero attached hydrogens (tertiary/aromatic N) is 1. The molecule has 7 heteroatoms. The normalized spacial score (nSPS) is 15.9. The molecule has 3 rings (SSSR count). The van der Waals surface area contributed by atoms with Crippen LogP contribution in [-0.4, -0.2) is 16.4 Å². The lowest BCUT2D eigenvalue weighted by Gasteiger charge is -2.21. The molecule has 0 radical (unpaired) electrons. The number of aromatic nitrogens is 1. The van der Waals surface area contributed by atoms with Gasteiger partial charge in [-0.3, -0.25) is 4.79 Å². The van der Waals surface area contributed by atoms with E-state index in [1.54, 1.807) is 12.3 Å². The number of benzene rings is 1. The Morgan fingerprint density at radius 2 is 2.13 bits per heavy atom. The Balaban J connectivity index is 0.00000192. The second-order valence-corrected chi connectivity index (χ2v) is 6.87. The number of amides is 1. The minimum atomic E-state index is -0.756. The second-order valence-electron chi connectivity index (χ2n) is 5.76. The summed E-state index contributed by atoms with van der Waals surface area (Å²) in [4.78, 5) is 17.4. The Hall–Kier alpha value is -1.50. The third-order valence-corrected chi connectivity index (χ3v) is 4.90. The van der Waals surface area contributed by atoms with Crippen molar-refractivity contribution in [3.8, 4) is 0 Å². The van der Waals surface area contributed by atoms with E-state index in [4.69, 9.17) is 5.73 Å². The molecule has 1 aliphatic carbocycles. The largest absolute Gasteiger partial charge is 0.317 e. The number of nitrogens with two attached hydrogens (primary N) is 1. The molecule has 0 aliphatic heterocycles. The van der Waals surface area contributed by atoms with Crippen LogP contribution in [0, 0.1) is 5.82 Å². The first-order valence-electron chi connectivity index (χ1n) is 7.35. The maximum atomic E-state index is 13.2. The first kappa shape index (κ1) is 17.8. The molecule has 0 atom stereocenters. The van der Waals surface area contributed by atoms with Crippen molar-refractivity contribution in [3.63, 3.8) is 0 Å². The third kappa shape index (κ3) is 4.28. The maximum Gasteiger partial charge on any atom is 0.246 e. The molecule has 1 saturated carbocycles. The standard InChI is InChI=1S/C16H18FN3OS.ClH/c17-12-5-3-4-11(8-12)9-13-10-19-15(22-13)20-14(21)16(18)6-1-2-7-16;/h3-5,8,10H,1-2,6-7,9,18H2,(H,19,20,21);1H. The van der Waals surface area contributed by atoms with Gasteiger partial charge in [-0.1, -0.05) is 25.0 Å². The van der Waals surface area contributed by atoms with Crippen molar-refractivity contribution in [1.82, 2.24) is 4.98 Å². The van der Waals surface area contributed by atoms with E-state index in [1.807, 2.05) is 6.07 Å². The molecule has 1 aromatic carbocycles. The van der Waals surface area contributed by atoms with Crippen molar-refractivity contribution in [1.29, 1.82) is 0 Å². The first-order chi connectivity index (χ1) is 10.5. The Morgan fingerprint density at radius 1 is 1.39 bits per heavy atom. The third-order valence-electron chi connectivity index (χ3n) is 3.99. The molecule has 3 N–H and O–H groups in total. The van der Waals surface area contributed by atoms with Crippen LogP contribution in [0.1, 0.15) is 36.1 Å². The molecule has 1 aromatic heterocycles. The van der Waals surface area contributed by atoms with Crippen molar-refractivity contribution in [2.75, 3.05) is 5.32 Å². The summed E-state index contributed by atoms with van der Waals surface area (Å²) in [6.45, 7) is 0. The molecular formula is C16H19ClFN3OS. The summed E-state index contributed by atoms with van der Waals surface area (Å²) < 4.78 is 13.2. The molecule has 4 nitrogen and oxygen atoms in total. The van der Waals surface area contributed by atoms with Gasteiger partial charge in [0.2, 0.25) is 5.91 Å². The number of hydrogen-bond donors (Lipinski definition) is 2. The van der Waals surface area contributed by atoms with Gasteiger partial charge in [0.05, 0.1) is 5.54 Å². The van der Waals surface area contributed by atoms with Crippen molar-refractivity contribution in [2.45, 2.75) is 37.6 Å². The van der Waals surface area contributed by atoms with Gasteiger partial charge in [0.25, 0.3) is 0 Å². The summed E-state index contributed by atoms with van der Waals surface area (Å²) in [5.41, 5.74) is 6.25. The van der Waals surface area contributed by atoms with Crippen LogP contribution in [0.4, 0.5) is 9.52 Å². The predicted molar refractivity (Wildman–Crippen MR) is 92.6 cm³/mol. The highest BCUT2D eigenvalue weighted by atomic mass is 35.5. The molecule has 1 aliphatic rings. The summed E-state index contributed by atoms with van der Waals surface area (Å²) in [5.74, 6) is -0.404. The zero-order valence-corrected chi connectivity index (χ0v) is 14.2. The average molecular weight is 356 g/mol. The molecule has 124 valence electrons. The number of nitrogens with one attached hydrogen (secondary N) is 1. The van der Waals surface area contributed by atoms with E-state index in [9.17, 15) is 9.18 Å². The number of hydrogen-bond acceptors (Lipinski definition) is 4. The van der Waals surface area contributed by atoms with Crippen LogP contribution in [0.3, 0.4) is 0 Å². The van der Waals surface area contributed by atoms with E-state index < -0.39 is 5.54 Å². The van der Waals surface area contributed by atoms with Crippen molar-refractivity contribution >= 4 is 34.8 Å². The minimum absolute atomic E-state index is 0. The minimum Gasteiger partial charge on any atom is -0.317 e. The number of carbonyl (C=O) groups is 1. The monoisotopic (exact) mass is 355 g/mol. The van der Waals surface area contributed by atoms with Crippen LogP contribution in [0.15, 0.2) is 30.5 Å². The Morgan fingerprint density at radius 3 is 2.83 bits per heavy atom. The van der Waals surface area contributed by atoms with E-state index in [0.29, 0.717) is 11.6 Å². The lowest BCUT2D eigenvalue weighted by Crippen LogP contribution is -2.48. The summed E-state index contributed by atoms with van der Waals surface area (Å²) in [6.07, 6.45) is 5.74. The summed E-state index contributed by atoms with van der Waals surface area (Å²) in [5, 5.41) is 3.36. The first-order valence-corrected chi connectivity index (χ1v) is 8.16. The SMILES string of the molecule is Cl.NC1(C(=O)Nc2ncc(Cc3cccc(F)c3)s2)CCCC1. The van der Waals surface area contributed by atoms with Crippen molar-refractivity contribution < 1.29 is 9.18 Å². The number of anilines is 1. The van der Waals surface area contributed by atoms with Crippen LogP contribution in [-0.2, 0) is 11.2 Å². The highest BCUT2D eigenvalue weighted by molar-refractivity contribution is 7.15. The molecule has 2 aromatic rings. The fourth-order valence-corrected chi connectivity index (χ4v) is 3.59. The van der Waals surface area contributed by atoms with E-state index in [2.05, 4.69) is 10.3 Å². The molecule has 1 amide bonds. The number of rotatable bonds is 4. The molecule has 0 spiro atoms. The van der Waals surface area contributed by atoms with Gasteiger partial charge in [0.15, 0.2) is 5.13 Å². The van der Waals surface area contributed by atoms with Crippen LogP contribution < -0.4 is 11.1 Å². The van der Waals surface area contributed by atoms with Gasteiger partial charge in [-0.05, 0) is 30.5 Å². The lowest BCUT2D eigenvalue weighted by atomic mass is 9.98. The molecule has 23 heavy (non-hydrogen) atoms. The molecular weight excluding hydrogens is 337 g/mol. The smallest absolute Gasteiger partial charge is 0.246 e. The number of thiazole rings is 1. The highest BCUT2D eigenvalue weighted by Gasteiger charge is 2.37. The van der Waals surface area contributed by atoms with Crippen LogP contribution >= 0.6 is 23.7 Å². The van der Waals surface area contributed by atoms with Crippen LogP contribution in [0.25, 0.3) is 0 Å². The zero-order chi connectivity index (χ0) is 15.6. The summed E-state index contributed by atoms with van der Waals surface area (Å²) >= 11 is 1.40. The van der Waals surface area contributed by atoms with E-state index in [0.717, 1.165) is 36.1 Å². The summed E-state index contributed by atoms with van der Waals surface area (Å²) in [7, 11) is 0. The van der Waals surface area contributed by atoms with E-state index >= 15 is 0 Å². The maximum absolute atomic E-state index is 13.2. The van der Waals surface area contributed by atoms with Gasteiger partial charge in [0.1, 0.15) is 5.82 Å². The van der Waals surface area contributed by atoms with Gasteiger partial charge in [0, 0.05) is 17.5 Å². The van der Waals surface area contributed by atoms with E-state index in [-0.39, 0.29) is 24.1 Å². The number of halogens is 2. The van der Waals surface area contributed by atoms with Crippen LogP contribution in [0.5, 0.6) is 0 Å². The predicted octanol–water partition coefficient (Wildman–Crippen LogP) is 3.50. The van der Waals surface area contributed by atoms with Crippen molar-refractivity contribution in [3.05, 3.63) is 46.7 Å². The van der Waals surface area contributed by atoms with Gasteiger partial charge in [-0.15, -0.1) is 23.7 Å². The van der Waals surface area contributed by atoms with Gasteiger partial charge < -0.3 is 11.1 Å². The Labute approximate surface area is 144 Å². The Kier molecular flexibility index (Phi) is 5.73. The average Bonchev–Trinajstić information content (AvgIpc) is 3.09. The lowest BCUT2D eigenvalue weighted by molar-refractivity contribution is -0.121. The van der Waals surface area contributed by atoms with Gasteiger partial charge in [-0.25, -0.2) is 9.37 Å². The van der Waals surface area contributed by atoms with Gasteiger partial charge in [-0.2, -0.15) is 0 Å². The molecule has 0 bridgehead atoms. The van der Waals surface area contributed by atoms with Gasteiger partial charge >= 0.3 is 0 Å². The second kappa shape index (κ2) is 7.38. The van der Waals surface area contributed by atoms with E-state index in [1.165, 1.54) is 23.5 Å². The number of carbonyl (C=O) groups excluding carboxylic acids is 1. The quantitative estimate of drug-likeness (QED) is 0.881. The highest BCUT2D eigenvalue weighted by Crippen LogP contribution is 2.29. The molecule has 0 saturated heterocycles. The zero-order valence-electron chi connectivity index (χ0n) is 12.5. The topological polar surface area (TPSA) is 68.0 Å².